The molecule has 1 heterocycles. The number of hydrogen-bond donors (Lipinski definition) is 1. The molecule has 2 aromatic rings. The van der Waals surface area contributed by atoms with Crippen molar-refractivity contribution in [2.45, 2.75) is 27.3 Å². The number of aryl methyl sites for hydroxylation is 2. The largest absolute Gasteiger partial charge is 0.311 e. The van der Waals surface area contributed by atoms with Crippen molar-refractivity contribution in [3.05, 3.63) is 47.3 Å². The fraction of sp³-hybridized carbons (Fsp3) is 0.333. The summed E-state index contributed by atoms with van der Waals surface area (Å²) in [6.07, 6.45) is 0. The molecule has 0 saturated heterocycles. The molecule has 1 aromatic carbocycles. The van der Waals surface area contributed by atoms with Crippen molar-refractivity contribution in [3.8, 4) is 11.4 Å². The zero-order chi connectivity index (χ0) is 13.0. The predicted molar refractivity (Wildman–Crippen MR) is 74.3 cm³/mol. The van der Waals surface area contributed by atoms with Crippen molar-refractivity contribution in [2.24, 2.45) is 0 Å². The van der Waals surface area contributed by atoms with E-state index in [4.69, 9.17) is 0 Å². The molecule has 0 aliphatic heterocycles. The summed E-state index contributed by atoms with van der Waals surface area (Å²) >= 11 is 0. The van der Waals surface area contributed by atoms with Gasteiger partial charge >= 0.3 is 0 Å². The summed E-state index contributed by atoms with van der Waals surface area (Å²) in [6, 6.07) is 10.3. The van der Waals surface area contributed by atoms with Gasteiger partial charge in [-0.05, 0) is 32.5 Å². The summed E-state index contributed by atoms with van der Waals surface area (Å²) in [6.45, 7) is 7.92. The molecular formula is C15H19N3. The van der Waals surface area contributed by atoms with Gasteiger partial charge in [-0.1, -0.05) is 30.7 Å². The lowest BCUT2D eigenvalue weighted by atomic mass is 10.1. The Morgan fingerprint density at radius 1 is 1.11 bits per heavy atom. The third kappa shape index (κ3) is 3.14. The lowest BCUT2D eigenvalue weighted by molar-refractivity contribution is 0.708. The molecule has 0 fully saturated rings. The van der Waals surface area contributed by atoms with Crippen LogP contribution in [0.2, 0.25) is 0 Å². The van der Waals surface area contributed by atoms with Crippen LogP contribution in [0.25, 0.3) is 11.4 Å². The van der Waals surface area contributed by atoms with Gasteiger partial charge in [-0.3, -0.25) is 0 Å². The maximum atomic E-state index is 4.61. The average molecular weight is 241 g/mol. The first-order valence-electron chi connectivity index (χ1n) is 6.31. The van der Waals surface area contributed by atoms with Crippen LogP contribution in [0, 0.1) is 13.8 Å². The van der Waals surface area contributed by atoms with E-state index in [2.05, 4.69) is 47.3 Å². The quantitative estimate of drug-likeness (QED) is 0.894. The molecule has 0 aliphatic carbocycles. The maximum Gasteiger partial charge on any atom is 0.159 e. The summed E-state index contributed by atoms with van der Waals surface area (Å²) in [7, 11) is 0. The number of hydrogen-bond acceptors (Lipinski definition) is 3. The molecule has 0 bridgehead atoms. The lowest BCUT2D eigenvalue weighted by Gasteiger charge is -2.07. The van der Waals surface area contributed by atoms with Crippen molar-refractivity contribution in [2.75, 3.05) is 6.54 Å². The Bertz CT molecular complexity index is 535. The van der Waals surface area contributed by atoms with E-state index in [0.717, 1.165) is 35.9 Å². The van der Waals surface area contributed by atoms with E-state index in [9.17, 15) is 0 Å². The highest BCUT2D eigenvalue weighted by Crippen LogP contribution is 2.17. The molecule has 0 saturated carbocycles. The third-order valence-electron chi connectivity index (χ3n) is 2.74. The Balaban J connectivity index is 2.35. The summed E-state index contributed by atoms with van der Waals surface area (Å²) in [5.74, 6) is 0.812. The van der Waals surface area contributed by atoms with Crippen molar-refractivity contribution in [1.29, 1.82) is 0 Å². The van der Waals surface area contributed by atoms with Gasteiger partial charge in [0.25, 0.3) is 0 Å². The van der Waals surface area contributed by atoms with Gasteiger partial charge in [0.1, 0.15) is 0 Å². The van der Waals surface area contributed by atoms with Crippen LogP contribution in [-0.2, 0) is 6.54 Å². The third-order valence-corrected chi connectivity index (χ3v) is 2.74. The van der Waals surface area contributed by atoms with Gasteiger partial charge in [0.05, 0.1) is 5.69 Å². The van der Waals surface area contributed by atoms with E-state index in [1.165, 1.54) is 5.56 Å². The van der Waals surface area contributed by atoms with Gasteiger partial charge < -0.3 is 5.32 Å². The first-order valence-corrected chi connectivity index (χ1v) is 6.31. The molecule has 94 valence electrons. The minimum Gasteiger partial charge on any atom is -0.311 e. The molecule has 18 heavy (non-hydrogen) atoms. The van der Waals surface area contributed by atoms with Crippen LogP contribution in [0.1, 0.15) is 23.9 Å². The molecule has 0 spiro atoms. The predicted octanol–water partition coefficient (Wildman–Crippen LogP) is 2.87. The van der Waals surface area contributed by atoms with E-state index in [0.29, 0.717) is 0 Å². The van der Waals surface area contributed by atoms with Crippen LogP contribution < -0.4 is 5.32 Å². The summed E-state index contributed by atoms with van der Waals surface area (Å²) in [5, 5.41) is 3.29. The molecular weight excluding hydrogens is 222 g/mol. The van der Waals surface area contributed by atoms with Crippen molar-refractivity contribution in [1.82, 2.24) is 15.3 Å². The second-order valence-electron chi connectivity index (χ2n) is 4.47. The van der Waals surface area contributed by atoms with Gasteiger partial charge in [0.15, 0.2) is 5.82 Å². The van der Waals surface area contributed by atoms with E-state index >= 15 is 0 Å². The number of rotatable bonds is 4. The SMILES string of the molecule is CCNCc1cc(C)nc(-c2cccc(C)c2)n1. The molecule has 0 amide bonds. The average Bonchev–Trinajstić information content (AvgIpc) is 2.36. The van der Waals surface area contributed by atoms with Crippen LogP contribution in [-0.4, -0.2) is 16.5 Å². The zero-order valence-electron chi connectivity index (χ0n) is 11.2. The first-order chi connectivity index (χ1) is 8.69. The van der Waals surface area contributed by atoms with E-state index in [-0.39, 0.29) is 0 Å². The smallest absolute Gasteiger partial charge is 0.159 e. The Labute approximate surface area is 108 Å². The lowest BCUT2D eigenvalue weighted by Crippen LogP contribution is -2.13. The highest BCUT2D eigenvalue weighted by molar-refractivity contribution is 5.56. The molecule has 0 aliphatic rings. The second-order valence-corrected chi connectivity index (χ2v) is 4.47. The zero-order valence-corrected chi connectivity index (χ0v) is 11.2. The molecule has 2 rings (SSSR count). The van der Waals surface area contributed by atoms with Crippen LogP contribution in [0.3, 0.4) is 0 Å². The molecule has 3 heteroatoms. The first kappa shape index (κ1) is 12.7. The van der Waals surface area contributed by atoms with Gasteiger partial charge in [0.2, 0.25) is 0 Å². The highest BCUT2D eigenvalue weighted by atomic mass is 14.9. The normalized spacial score (nSPS) is 10.6. The monoisotopic (exact) mass is 241 g/mol. The molecule has 0 radical (unpaired) electrons. The number of benzene rings is 1. The van der Waals surface area contributed by atoms with Gasteiger partial charge in [-0.15, -0.1) is 0 Å². The molecule has 0 atom stereocenters. The summed E-state index contributed by atoms with van der Waals surface area (Å²) in [5.41, 5.74) is 4.36. The van der Waals surface area contributed by atoms with Crippen molar-refractivity contribution in [3.63, 3.8) is 0 Å². The summed E-state index contributed by atoms with van der Waals surface area (Å²) in [4.78, 5) is 9.12. The fourth-order valence-corrected chi connectivity index (χ4v) is 1.89. The molecule has 1 aromatic heterocycles. The number of aromatic nitrogens is 2. The number of nitrogens with one attached hydrogen (secondary N) is 1. The Morgan fingerprint density at radius 3 is 2.67 bits per heavy atom. The Hall–Kier alpha value is -1.74. The van der Waals surface area contributed by atoms with E-state index < -0.39 is 0 Å². The van der Waals surface area contributed by atoms with Gasteiger partial charge in [-0.25, -0.2) is 9.97 Å². The Morgan fingerprint density at radius 2 is 1.94 bits per heavy atom. The fourth-order valence-electron chi connectivity index (χ4n) is 1.89. The molecule has 0 unspecified atom stereocenters. The van der Waals surface area contributed by atoms with Crippen molar-refractivity contribution < 1.29 is 0 Å². The minimum absolute atomic E-state index is 0.790. The van der Waals surface area contributed by atoms with Crippen LogP contribution in [0.15, 0.2) is 30.3 Å². The van der Waals surface area contributed by atoms with E-state index in [1.807, 2.05) is 19.1 Å². The van der Waals surface area contributed by atoms with Crippen LogP contribution >= 0.6 is 0 Å². The van der Waals surface area contributed by atoms with E-state index in [1.54, 1.807) is 0 Å². The summed E-state index contributed by atoms with van der Waals surface area (Å²) < 4.78 is 0. The number of nitrogens with zero attached hydrogens (tertiary/aromatic N) is 2. The van der Waals surface area contributed by atoms with Crippen LogP contribution in [0.5, 0.6) is 0 Å². The molecule has 3 nitrogen and oxygen atoms in total. The van der Waals surface area contributed by atoms with Gasteiger partial charge in [-0.2, -0.15) is 0 Å². The van der Waals surface area contributed by atoms with Crippen LogP contribution in [0.4, 0.5) is 0 Å². The topological polar surface area (TPSA) is 37.8 Å². The van der Waals surface area contributed by atoms with Gasteiger partial charge in [0, 0.05) is 17.8 Å². The maximum absolute atomic E-state index is 4.61. The standard InChI is InChI=1S/C15H19N3/c1-4-16-10-14-9-12(3)17-15(18-14)13-7-5-6-11(2)8-13/h5-9,16H,4,10H2,1-3H3. The van der Waals surface area contributed by atoms with Crippen molar-refractivity contribution >= 4 is 0 Å². The molecule has 1 N–H and O–H groups in total. The second kappa shape index (κ2) is 5.74. The Kier molecular flexibility index (Phi) is 4.05. The minimum atomic E-state index is 0.790. The highest BCUT2D eigenvalue weighted by Gasteiger charge is 2.04.